The van der Waals surface area contributed by atoms with Crippen molar-refractivity contribution in [1.82, 2.24) is 14.5 Å². The fourth-order valence-electron chi connectivity index (χ4n) is 3.05. The van der Waals surface area contributed by atoms with Crippen molar-refractivity contribution in [2.24, 2.45) is 0 Å². The highest BCUT2D eigenvalue weighted by atomic mass is 32.2. The number of esters is 1. The van der Waals surface area contributed by atoms with Gasteiger partial charge in [-0.1, -0.05) is 6.07 Å². The molecule has 29 heavy (non-hydrogen) atoms. The molecule has 2 aromatic heterocycles. The molecule has 2 amide bonds. The fourth-order valence-corrected chi connectivity index (χ4v) is 3.88. The van der Waals surface area contributed by atoms with Crippen LogP contribution >= 0.6 is 11.8 Å². The van der Waals surface area contributed by atoms with E-state index in [1.54, 1.807) is 33.0 Å². The number of hydrogen-bond acceptors (Lipinski definition) is 6. The molecular weight excluding hydrogens is 390 g/mol. The van der Waals surface area contributed by atoms with E-state index in [9.17, 15) is 14.4 Å². The molecule has 0 N–H and O–H groups in total. The zero-order valence-electron chi connectivity index (χ0n) is 17.1. The molecule has 152 valence electrons. The van der Waals surface area contributed by atoms with E-state index in [1.807, 2.05) is 42.7 Å². The van der Waals surface area contributed by atoms with Crippen molar-refractivity contribution >= 4 is 35.0 Å². The molecule has 2 aromatic rings. The lowest BCUT2D eigenvalue weighted by molar-refractivity contribution is -0.156. The summed E-state index contributed by atoms with van der Waals surface area (Å²) in [7, 11) is 0. The highest BCUT2D eigenvalue weighted by Crippen LogP contribution is 2.33. The van der Waals surface area contributed by atoms with Crippen LogP contribution in [0.3, 0.4) is 0 Å². The van der Waals surface area contributed by atoms with Gasteiger partial charge in [0.05, 0.1) is 4.91 Å². The average Bonchev–Trinajstić information content (AvgIpc) is 3.04. The monoisotopic (exact) mass is 413 g/mol. The summed E-state index contributed by atoms with van der Waals surface area (Å²) >= 11 is 0.822. The topological polar surface area (TPSA) is 81.5 Å². The summed E-state index contributed by atoms with van der Waals surface area (Å²) < 4.78 is 7.20. The number of rotatable bonds is 4. The van der Waals surface area contributed by atoms with Gasteiger partial charge in [0.2, 0.25) is 0 Å². The minimum Gasteiger partial charge on any atom is -0.459 e. The van der Waals surface area contributed by atoms with Crippen LogP contribution < -0.4 is 0 Å². The number of carbonyl (C=O) groups is 3. The van der Waals surface area contributed by atoms with Crippen LogP contribution in [-0.2, 0) is 14.3 Å². The Morgan fingerprint density at radius 3 is 2.59 bits per heavy atom. The number of ether oxygens (including phenoxy) is 1. The van der Waals surface area contributed by atoms with E-state index in [0.29, 0.717) is 0 Å². The van der Waals surface area contributed by atoms with Gasteiger partial charge in [0.15, 0.2) is 0 Å². The molecule has 3 rings (SSSR count). The normalized spacial score (nSPS) is 16.0. The second kappa shape index (κ2) is 7.87. The van der Waals surface area contributed by atoms with Crippen LogP contribution in [-0.4, -0.2) is 43.7 Å². The lowest BCUT2D eigenvalue weighted by atomic mass is 10.2. The number of imide groups is 1. The molecule has 0 saturated carbocycles. The van der Waals surface area contributed by atoms with Gasteiger partial charge >= 0.3 is 5.97 Å². The third kappa shape index (κ3) is 4.59. The first kappa shape index (κ1) is 20.9. The first-order valence-corrected chi connectivity index (χ1v) is 9.96. The Bertz CT molecular complexity index is 1000. The molecule has 1 fully saturated rings. The zero-order chi connectivity index (χ0) is 21.3. The van der Waals surface area contributed by atoms with E-state index in [2.05, 4.69) is 4.98 Å². The molecule has 0 bridgehead atoms. The van der Waals surface area contributed by atoms with Gasteiger partial charge in [-0.15, -0.1) is 0 Å². The number of aromatic nitrogens is 2. The summed E-state index contributed by atoms with van der Waals surface area (Å²) in [6.45, 7) is 8.68. The summed E-state index contributed by atoms with van der Waals surface area (Å²) in [5.74, 6) is -0.331. The summed E-state index contributed by atoms with van der Waals surface area (Å²) in [4.78, 5) is 42.5. The zero-order valence-corrected chi connectivity index (χ0v) is 17.9. The second-order valence-electron chi connectivity index (χ2n) is 7.70. The molecule has 1 aliphatic rings. The number of amides is 2. The van der Waals surface area contributed by atoms with Crippen LogP contribution in [0.5, 0.6) is 0 Å². The number of thioether (sulfide) groups is 1. The van der Waals surface area contributed by atoms with Gasteiger partial charge in [0.25, 0.3) is 11.1 Å². The Hall–Kier alpha value is -2.87. The highest BCUT2D eigenvalue weighted by Gasteiger charge is 2.37. The third-order valence-electron chi connectivity index (χ3n) is 4.22. The summed E-state index contributed by atoms with van der Waals surface area (Å²) in [5.41, 5.74) is 1.99. The van der Waals surface area contributed by atoms with Crippen LogP contribution in [0.1, 0.15) is 37.7 Å². The molecule has 0 atom stereocenters. The summed E-state index contributed by atoms with van der Waals surface area (Å²) in [6.07, 6.45) is 3.40. The molecule has 8 heteroatoms. The average molecular weight is 413 g/mol. The van der Waals surface area contributed by atoms with Crippen LogP contribution in [0.25, 0.3) is 11.9 Å². The Labute approximate surface area is 173 Å². The maximum absolute atomic E-state index is 12.7. The van der Waals surface area contributed by atoms with E-state index in [-0.39, 0.29) is 4.91 Å². The Balaban J connectivity index is 1.84. The van der Waals surface area contributed by atoms with Crippen molar-refractivity contribution in [3.63, 3.8) is 0 Å². The van der Waals surface area contributed by atoms with Crippen LogP contribution in [0.4, 0.5) is 4.79 Å². The lowest BCUT2D eigenvalue weighted by Crippen LogP contribution is -2.37. The van der Waals surface area contributed by atoms with E-state index >= 15 is 0 Å². The van der Waals surface area contributed by atoms with Crippen molar-refractivity contribution < 1.29 is 19.1 Å². The predicted molar refractivity (Wildman–Crippen MR) is 112 cm³/mol. The minimum atomic E-state index is -0.683. The van der Waals surface area contributed by atoms with E-state index in [0.717, 1.165) is 39.4 Å². The van der Waals surface area contributed by atoms with Gasteiger partial charge in [-0.2, -0.15) is 0 Å². The number of aryl methyl sites for hydroxylation is 1. The Kier molecular flexibility index (Phi) is 5.66. The standard InChI is InChI=1S/C21H23N3O4S/c1-13-10-15(14(2)24(13)17-8-6-7-9-22-17)11-16-19(26)23(20(27)29-16)12-18(25)28-21(3,4)5/h6-11H,12H2,1-5H3/b16-11+. The molecule has 7 nitrogen and oxygen atoms in total. The Morgan fingerprint density at radius 2 is 1.97 bits per heavy atom. The van der Waals surface area contributed by atoms with Crippen LogP contribution in [0.2, 0.25) is 0 Å². The largest absolute Gasteiger partial charge is 0.459 e. The van der Waals surface area contributed by atoms with Gasteiger partial charge < -0.3 is 9.30 Å². The molecule has 3 heterocycles. The SMILES string of the molecule is Cc1cc(/C=C2/SC(=O)N(CC(=O)OC(C)(C)C)C2=O)c(C)n1-c1ccccn1. The smallest absolute Gasteiger partial charge is 0.326 e. The molecule has 1 saturated heterocycles. The molecule has 0 aliphatic carbocycles. The second-order valence-corrected chi connectivity index (χ2v) is 8.70. The first-order valence-electron chi connectivity index (χ1n) is 9.14. The number of nitrogens with zero attached hydrogens (tertiary/aromatic N) is 3. The molecule has 0 unspecified atom stereocenters. The van der Waals surface area contributed by atoms with E-state index in [4.69, 9.17) is 4.74 Å². The minimum absolute atomic E-state index is 0.278. The quantitative estimate of drug-likeness (QED) is 0.559. The molecule has 0 radical (unpaired) electrons. The highest BCUT2D eigenvalue weighted by molar-refractivity contribution is 8.18. The van der Waals surface area contributed by atoms with E-state index < -0.39 is 29.3 Å². The van der Waals surface area contributed by atoms with Gasteiger partial charge in [-0.05, 0) is 76.2 Å². The maximum atomic E-state index is 12.7. The molecular formula is C21H23N3O4S. The van der Waals surface area contributed by atoms with Crippen LogP contribution in [0, 0.1) is 13.8 Å². The first-order chi connectivity index (χ1) is 13.6. The van der Waals surface area contributed by atoms with Gasteiger partial charge in [0, 0.05) is 17.6 Å². The Morgan fingerprint density at radius 1 is 1.24 bits per heavy atom. The van der Waals surface area contributed by atoms with Crippen molar-refractivity contribution in [3.05, 3.63) is 52.3 Å². The van der Waals surface area contributed by atoms with Crippen molar-refractivity contribution in [2.75, 3.05) is 6.54 Å². The van der Waals surface area contributed by atoms with E-state index in [1.165, 1.54) is 0 Å². The third-order valence-corrected chi connectivity index (χ3v) is 5.12. The van der Waals surface area contributed by atoms with Crippen molar-refractivity contribution in [1.29, 1.82) is 0 Å². The van der Waals surface area contributed by atoms with Gasteiger partial charge in [0.1, 0.15) is 18.0 Å². The molecule has 1 aliphatic heterocycles. The van der Waals surface area contributed by atoms with Crippen LogP contribution in [0.15, 0.2) is 35.4 Å². The molecule has 0 aromatic carbocycles. The fraction of sp³-hybridized carbons (Fsp3) is 0.333. The lowest BCUT2D eigenvalue weighted by Gasteiger charge is -2.21. The molecule has 0 spiro atoms. The number of carbonyl (C=O) groups excluding carboxylic acids is 3. The summed E-state index contributed by atoms with van der Waals surface area (Å²) in [5, 5.41) is -0.481. The maximum Gasteiger partial charge on any atom is 0.326 e. The number of hydrogen-bond donors (Lipinski definition) is 0. The van der Waals surface area contributed by atoms with Crippen molar-refractivity contribution in [2.45, 2.75) is 40.2 Å². The number of pyridine rings is 1. The van der Waals surface area contributed by atoms with Gasteiger partial charge in [-0.25, -0.2) is 4.98 Å². The summed E-state index contributed by atoms with van der Waals surface area (Å²) in [6, 6.07) is 7.59. The predicted octanol–water partition coefficient (Wildman–Crippen LogP) is 3.87. The van der Waals surface area contributed by atoms with Crippen molar-refractivity contribution in [3.8, 4) is 5.82 Å². The van der Waals surface area contributed by atoms with Gasteiger partial charge in [-0.3, -0.25) is 19.3 Å².